The fourth-order valence-electron chi connectivity index (χ4n) is 3.37. The van der Waals surface area contributed by atoms with Gasteiger partial charge in [-0.05, 0) is 42.3 Å². The first kappa shape index (κ1) is 15.0. The summed E-state index contributed by atoms with van der Waals surface area (Å²) in [6.45, 7) is 1.40. The number of hydrogen-bond acceptors (Lipinski definition) is 3. The van der Waals surface area contributed by atoms with Crippen molar-refractivity contribution in [3.63, 3.8) is 0 Å². The van der Waals surface area contributed by atoms with Crippen LogP contribution in [0.5, 0.6) is 0 Å². The first-order valence-corrected chi connectivity index (χ1v) is 8.07. The van der Waals surface area contributed by atoms with E-state index in [9.17, 15) is 10.1 Å². The van der Waals surface area contributed by atoms with E-state index in [2.05, 4.69) is 17.5 Å². The third-order valence-corrected chi connectivity index (χ3v) is 4.52. The van der Waals surface area contributed by atoms with E-state index in [-0.39, 0.29) is 5.91 Å². The van der Waals surface area contributed by atoms with Gasteiger partial charge in [0.15, 0.2) is 0 Å². The molecule has 2 heterocycles. The molecule has 5 heteroatoms. The van der Waals surface area contributed by atoms with Gasteiger partial charge in [-0.25, -0.2) is 0 Å². The van der Waals surface area contributed by atoms with E-state index < -0.39 is 0 Å². The lowest BCUT2D eigenvalue weighted by Gasteiger charge is -2.11. The van der Waals surface area contributed by atoms with Crippen molar-refractivity contribution in [2.24, 2.45) is 0 Å². The van der Waals surface area contributed by atoms with Crippen LogP contribution in [0.2, 0.25) is 0 Å². The van der Waals surface area contributed by atoms with Gasteiger partial charge in [-0.2, -0.15) is 10.5 Å². The molecule has 0 aliphatic carbocycles. The number of nitrogens with one attached hydrogen (secondary N) is 1. The number of aromatic nitrogens is 1. The summed E-state index contributed by atoms with van der Waals surface area (Å²) in [4.78, 5) is 12.3. The Hall–Kier alpha value is -3.57. The van der Waals surface area contributed by atoms with Crippen LogP contribution in [0.3, 0.4) is 0 Å². The van der Waals surface area contributed by atoms with E-state index in [0.29, 0.717) is 23.4 Å². The molecular formula is C20H14N4O. The van der Waals surface area contributed by atoms with Crippen LogP contribution >= 0.6 is 0 Å². The third-order valence-electron chi connectivity index (χ3n) is 4.52. The number of hydrogen-bond donors (Lipinski definition) is 1. The maximum absolute atomic E-state index is 12.3. The zero-order valence-corrected chi connectivity index (χ0v) is 13.4. The number of nitriles is 2. The highest BCUT2D eigenvalue weighted by atomic mass is 16.1. The first-order valence-electron chi connectivity index (χ1n) is 8.07. The molecule has 0 radical (unpaired) electrons. The predicted molar refractivity (Wildman–Crippen MR) is 93.8 cm³/mol. The molecule has 25 heavy (non-hydrogen) atoms. The van der Waals surface area contributed by atoms with Crippen molar-refractivity contribution in [2.75, 3.05) is 6.54 Å². The van der Waals surface area contributed by atoms with Gasteiger partial charge in [0.25, 0.3) is 5.91 Å². The Morgan fingerprint density at radius 1 is 1.00 bits per heavy atom. The highest BCUT2D eigenvalue weighted by Gasteiger charge is 2.21. The molecule has 2 aromatic carbocycles. The van der Waals surface area contributed by atoms with Gasteiger partial charge >= 0.3 is 0 Å². The van der Waals surface area contributed by atoms with Crippen LogP contribution < -0.4 is 5.32 Å². The molecule has 3 aromatic rings. The van der Waals surface area contributed by atoms with E-state index in [1.54, 1.807) is 12.1 Å². The molecule has 0 saturated heterocycles. The number of aryl methyl sites for hydroxylation is 1. The Morgan fingerprint density at radius 3 is 2.48 bits per heavy atom. The molecule has 0 unspecified atom stereocenters. The Labute approximate surface area is 144 Å². The summed E-state index contributed by atoms with van der Waals surface area (Å²) in [6.07, 6.45) is 0.856. The van der Waals surface area contributed by atoms with Crippen LogP contribution in [0, 0.1) is 22.7 Å². The van der Waals surface area contributed by atoms with Gasteiger partial charge in [0.2, 0.25) is 0 Å². The smallest absolute Gasteiger partial charge is 0.267 e. The Kier molecular flexibility index (Phi) is 3.48. The molecule has 0 spiro atoms. The standard InChI is InChI=1S/C20H14N4O/c21-11-13-2-4-15(5-3-13)17-9-14(12-22)8-16-10-18-20(25)23-6-1-7-24(18)19(16)17/h2-5,8-10H,1,6-7H2,(H,23,25). The van der Waals surface area contributed by atoms with Crippen molar-refractivity contribution in [1.29, 1.82) is 10.5 Å². The average molecular weight is 326 g/mol. The first-order chi connectivity index (χ1) is 12.2. The van der Waals surface area contributed by atoms with Crippen LogP contribution in [-0.4, -0.2) is 17.0 Å². The Balaban J connectivity index is 2.03. The van der Waals surface area contributed by atoms with Gasteiger partial charge in [-0.1, -0.05) is 12.1 Å². The quantitative estimate of drug-likeness (QED) is 0.745. The van der Waals surface area contributed by atoms with Crippen LogP contribution in [0.1, 0.15) is 28.0 Å². The molecule has 4 rings (SSSR count). The molecule has 0 bridgehead atoms. The molecular weight excluding hydrogens is 312 g/mol. The van der Waals surface area contributed by atoms with Crippen LogP contribution in [0.15, 0.2) is 42.5 Å². The van der Waals surface area contributed by atoms with Crippen LogP contribution in [-0.2, 0) is 6.54 Å². The van der Waals surface area contributed by atoms with E-state index in [4.69, 9.17) is 5.26 Å². The number of fused-ring (bicyclic) bond motifs is 3. The molecule has 0 fully saturated rings. The van der Waals surface area contributed by atoms with Crippen LogP contribution in [0.25, 0.3) is 22.0 Å². The van der Waals surface area contributed by atoms with Crippen molar-refractivity contribution in [1.82, 2.24) is 9.88 Å². The number of carbonyl (C=O) groups excluding carboxylic acids is 1. The van der Waals surface area contributed by atoms with Crippen molar-refractivity contribution in [3.05, 3.63) is 59.3 Å². The minimum absolute atomic E-state index is 0.0852. The summed E-state index contributed by atoms with van der Waals surface area (Å²) in [6, 6.07) is 17.1. The summed E-state index contributed by atoms with van der Waals surface area (Å²) in [7, 11) is 0. The predicted octanol–water partition coefficient (Wildman–Crippen LogP) is 3.19. The molecule has 1 N–H and O–H groups in total. The minimum Gasteiger partial charge on any atom is -0.351 e. The summed E-state index contributed by atoms with van der Waals surface area (Å²) in [5.41, 5.74) is 4.54. The number of nitrogens with zero attached hydrogens (tertiary/aromatic N) is 3. The maximum atomic E-state index is 12.3. The lowest BCUT2D eigenvalue weighted by molar-refractivity contribution is 0.0951. The second kappa shape index (κ2) is 5.81. The fourth-order valence-corrected chi connectivity index (χ4v) is 3.37. The lowest BCUT2D eigenvalue weighted by Crippen LogP contribution is -2.22. The highest BCUT2D eigenvalue weighted by molar-refractivity contribution is 6.03. The molecule has 0 atom stereocenters. The SMILES string of the molecule is N#Cc1ccc(-c2cc(C#N)cc3cc4n(c23)CCCNC4=O)cc1. The third kappa shape index (κ3) is 2.43. The largest absolute Gasteiger partial charge is 0.351 e. The number of benzene rings is 2. The Morgan fingerprint density at radius 2 is 1.76 bits per heavy atom. The molecule has 0 saturated carbocycles. The second-order valence-electron chi connectivity index (χ2n) is 6.05. The van der Waals surface area contributed by atoms with Gasteiger partial charge in [-0.15, -0.1) is 0 Å². The minimum atomic E-state index is -0.0852. The van der Waals surface area contributed by atoms with E-state index in [1.807, 2.05) is 34.9 Å². The Bertz CT molecular complexity index is 1080. The topological polar surface area (TPSA) is 81.6 Å². The lowest BCUT2D eigenvalue weighted by atomic mass is 9.99. The molecule has 1 aliphatic rings. The maximum Gasteiger partial charge on any atom is 0.267 e. The number of amides is 1. The molecule has 1 amide bonds. The van der Waals surface area contributed by atoms with Gasteiger partial charge in [0, 0.05) is 24.0 Å². The summed E-state index contributed by atoms with van der Waals surface area (Å²) in [5, 5.41) is 22.2. The van der Waals surface area contributed by atoms with E-state index in [1.165, 1.54) is 0 Å². The molecule has 1 aliphatic heterocycles. The molecule has 5 nitrogen and oxygen atoms in total. The van der Waals surface area contributed by atoms with Crippen LogP contribution in [0.4, 0.5) is 0 Å². The van der Waals surface area contributed by atoms with Crippen molar-refractivity contribution in [2.45, 2.75) is 13.0 Å². The van der Waals surface area contributed by atoms with Gasteiger partial charge in [-0.3, -0.25) is 4.79 Å². The average Bonchev–Trinajstić information content (AvgIpc) is 2.93. The van der Waals surface area contributed by atoms with Gasteiger partial charge < -0.3 is 9.88 Å². The zero-order chi connectivity index (χ0) is 17.4. The van der Waals surface area contributed by atoms with Crippen molar-refractivity contribution >= 4 is 16.8 Å². The van der Waals surface area contributed by atoms with Gasteiger partial charge in [0.05, 0.1) is 28.8 Å². The van der Waals surface area contributed by atoms with Crippen molar-refractivity contribution in [3.8, 4) is 23.3 Å². The zero-order valence-electron chi connectivity index (χ0n) is 13.4. The normalized spacial score (nSPS) is 13.4. The van der Waals surface area contributed by atoms with Gasteiger partial charge in [0.1, 0.15) is 5.69 Å². The monoisotopic (exact) mass is 326 g/mol. The van der Waals surface area contributed by atoms with E-state index in [0.717, 1.165) is 35.0 Å². The van der Waals surface area contributed by atoms with Crippen molar-refractivity contribution < 1.29 is 4.79 Å². The molecule has 120 valence electrons. The second-order valence-corrected chi connectivity index (χ2v) is 6.05. The highest BCUT2D eigenvalue weighted by Crippen LogP contribution is 2.33. The summed E-state index contributed by atoms with van der Waals surface area (Å²) >= 11 is 0. The van der Waals surface area contributed by atoms with E-state index >= 15 is 0 Å². The summed E-state index contributed by atoms with van der Waals surface area (Å²) in [5.74, 6) is -0.0852. The number of carbonyl (C=O) groups is 1. The fraction of sp³-hybridized carbons (Fsp3) is 0.150. The molecule has 1 aromatic heterocycles. The summed E-state index contributed by atoms with van der Waals surface area (Å²) < 4.78 is 2.03. The number of rotatable bonds is 1.